The monoisotopic (exact) mass is 195 g/mol. The highest BCUT2D eigenvalue weighted by atomic mass is 32.2. The molecule has 0 saturated carbocycles. The van der Waals surface area contributed by atoms with Crippen molar-refractivity contribution in [1.29, 1.82) is 0 Å². The van der Waals surface area contributed by atoms with E-state index in [1.54, 1.807) is 12.1 Å². The third-order valence-corrected chi connectivity index (χ3v) is 2.96. The predicted molar refractivity (Wildman–Crippen MR) is 54.1 cm³/mol. The molecule has 0 atom stereocenters. The number of thioether (sulfide) groups is 1. The molecule has 2 heterocycles. The molecule has 0 saturated heterocycles. The summed E-state index contributed by atoms with van der Waals surface area (Å²) in [6.07, 6.45) is 4.53. The maximum atomic E-state index is 13.2. The molecule has 0 radical (unpaired) electrons. The van der Waals surface area contributed by atoms with Crippen LogP contribution in [0.4, 0.5) is 4.39 Å². The summed E-state index contributed by atoms with van der Waals surface area (Å²) in [5.41, 5.74) is 1.77. The van der Waals surface area contributed by atoms with E-state index < -0.39 is 0 Å². The van der Waals surface area contributed by atoms with E-state index in [-0.39, 0.29) is 5.95 Å². The molecule has 0 amide bonds. The Bertz CT molecular complexity index is 335. The Kier molecular flexibility index (Phi) is 2.64. The van der Waals surface area contributed by atoms with Gasteiger partial charge in [0.15, 0.2) is 0 Å². The van der Waals surface area contributed by atoms with Gasteiger partial charge < -0.3 is 0 Å². The van der Waals surface area contributed by atoms with Crippen LogP contribution in [0, 0.1) is 5.95 Å². The summed E-state index contributed by atoms with van der Waals surface area (Å²) in [6, 6.07) is 3.57. The first-order chi connectivity index (χ1) is 6.38. The van der Waals surface area contributed by atoms with E-state index in [9.17, 15) is 4.39 Å². The van der Waals surface area contributed by atoms with E-state index in [0.717, 1.165) is 23.5 Å². The number of hydrogen-bond donors (Lipinski definition) is 0. The van der Waals surface area contributed by atoms with Crippen LogP contribution in [0.15, 0.2) is 24.4 Å². The molecule has 0 unspecified atom stereocenters. The molecule has 13 heavy (non-hydrogen) atoms. The Hall–Kier alpha value is -0.830. The number of aromatic nitrogens is 1. The van der Waals surface area contributed by atoms with Gasteiger partial charge in [0, 0.05) is 17.5 Å². The van der Waals surface area contributed by atoms with Gasteiger partial charge in [0.2, 0.25) is 5.95 Å². The molecular formula is C10H10FNS. The lowest BCUT2D eigenvalue weighted by molar-refractivity contribution is 0.579. The van der Waals surface area contributed by atoms with E-state index in [0.29, 0.717) is 5.56 Å². The number of hydrogen-bond acceptors (Lipinski definition) is 2. The van der Waals surface area contributed by atoms with Crippen LogP contribution in [-0.4, -0.2) is 16.5 Å². The fourth-order valence-corrected chi connectivity index (χ4v) is 2.25. The SMILES string of the molecule is Fc1ncccc1C1=CCSCC1. The minimum absolute atomic E-state index is 0.347. The zero-order chi connectivity index (χ0) is 9.10. The summed E-state index contributed by atoms with van der Waals surface area (Å²) in [5, 5.41) is 0. The van der Waals surface area contributed by atoms with E-state index >= 15 is 0 Å². The molecule has 3 heteroatoms. The summed E-state index contributed by atoms with van der Waals surface area (Å²) in [5.74, 6) is 1.73. The second kappa shape index (κ2) is 3.92. The van der Waals surface area contributed by atoms with Crippen LogP contribution >= 0.6 is 11.8 Å². The van der Waals surface area contributed by atoms with E-state index in [4.69, 9.17) is 0 Å². The van der Waals surface area contributed by atoms with Crippen molar-refractivity contribution in [3.63, 3.8) is 0 Å². The van der Waals surface area contributed by atoms with Crippen molar-refractivity contribution < 1.29 is 4.39 Å². The normalized spacial score (nSPS) is 16.8. The maximum absolute atomic E-state index is 13.2. The van der Waals surface area contributed by atoms with Gasteiger partial charge in [-0.25, -0.2) is 4.98 Å². The second-order valence-electron chi connectivity index (χ2n) is 2.90. The average molecular weight is 195 g/mol. The molecule has 0 N–H and O–H groups in total. The maximum Gasteiger partial charge on any atom is 0.220 e. The minimum Gasteiger partial charge on any atom is -0.228 e. The summed E-state index contributed by atoms with van der Waals surface area (Å²) in [6.45, 7) is 0. The van der Waals surface area contributed by atoms with Crippen molar-refractivity contribution in [3.8, 4) is 0 Å². The molecule has 0 bridgehead atoms. The van der Waals surface area contributed by atoms with E-state index in [2.05, 4.69) is 11.1 Å². The first kappa shape index (κ1) is 8.75. The topological polar surface area (TPSA) is 12.9 Å². The molecule has 2 rings (SSSR count). The van der Waals surface area contributed by atoms with Crippen LogP contribution in [0.5, 0.6) is 0 Å². The number of allylic oxidation sites excluding steroid dienone is 1. The number of rotatable bonds is 1. The molecule has 0 fully saturated rings. The van der Waals surface area contributed by atoms with E-state index in [1.165, 1.54) is 6.20 Å². The third kappa shape index (κ3) is 1.91. The fourth-order valence-electron chi connectivity index (χ4n) is 1.40. The predicted octanol–water partition coefficient (Wildman–Crippen LogP) is 2.74. The number of halogens is 1. The van der Waals surface area contributed by atoms with Crippen molar-refractivity contribution in [1.82, 2.24) is 4.98 Å². The molecule has 1 nitrogen and oxygen atoms in total. The zero-order valence-electron chi connectivity index (χ0n) is 7.16. The standard InChI is InChI=1S/C10H10FNS/c11-10-9(2-1-5-12-10)8-3-6-13-7-4-8/h1-3,5H,4,6-7H2. The molecule has 68 valence electrons. The van der Waals surface area contributed by atoms with Gasteiger partial charge in [-0.1, -0.05) is 6.08 Å². The van der Waals surface area contributed by atoms with Crippen molar-refractivity contribution in [3.05, 3.63) is 35.9 Å². The molecule has 0 spiro atoms. The Balaban J connectivity index is 2.34. The lowest BCUT2D eigenvalue weighted by atomic mass is 10.1. The fraction of sp³-hybridized carbons (Fsp3) is 0.300. The molecular weight excluding hydrogens is 185 g/mol. The van der Waals surface area contributed by atoms with Crippen molar-refractivity contribution >= 4 is 17.3 Å². The summed E-state index contributed by atoms with van der Waals surface area (Å²) < 4.78 is 13.2. The van der Waals surface area contributed by atoms with Gasteiger partial charge in [-0.2, -0.15) is 16.2 Å². The number of nitrogens with zero attached hydrogens (tertiary/aromatic N) is 1. The Morgan fingerprint density at radius 2 is 2.38 bits per heavy atom. The molecule has 1 aromatic heterocycles. The van der Waals surface area contributed by atoms with E-state index in [1.807, 2.05) is 11.8 Å². The molecule has 1 aromatic rings. The van der Waals surface area contributed by atoms with Crippen LogP contribution < -0.4 is 0 Å². The Morgan fingerprint density at radius 1 is 1.46 bits per heavy atom. The van der Waals surface area contributed by atoms with Crippen molar-refractivity contribution in [2.45, 2.75) is 6.42 Å². The largest absolute Gasteiger partial charge is 0.228 e. The smallest absolute Gasteiger partial charge is 0.220 e. The van der Waals surface area contributed by atoms with Crippen LogP contribution in [0.2, 0.25) is 0 Å². The highest BCUT2D eigenvalue weighted by molar-refractivity contribution is 7.99. The quantitative estimate of drug-likeness (QED) is 0.639. The lowest BCUT2D eigenvalue weighted by Crippen LogP contribution is -1.98. The molecule has 1 aliphatic heterocycles. The first-order valence-corrected chi connectivity index (χ1v) is 5.41. The third-order valence-electron chi connectivity index (χ3n) is 2.07. The van der Waals surface area contributed by atoms with Crippen molar-refractivity contribution in [2.24, 2.45) is 0 Å². The number of pyridine rings is 1. The van der Waals surface area contributed by atoms with Gasteiger partial charge >= 0.3 is 0 Å². The molecule has 0 aliphatic carbocycles. The highest BCUT2D eigenvalue weighted by Gasteiger charge is 2.10. The summed E-state index contributed by atoms with van der Waals surface area (Å²) >= 11 is 1.88. The van der Waals surface area contributed by atoms with Gasteiger partial charge in [0.1, 0.15) is 0 Å². The van der Waals surface area contributed by atoms with Gasteiger partial charge in [-0.15, -0.1) is 0 Å². The van der Waals surface area contributed by atoms with Gasteiger partial charge in [-0.3, -0.25) is 0 Å². The Labute approximate surface area is 81.1 Å². The second-order valence-corrected chi connectivity index (χ2v) is 4.05. The molecule has 0 aromatic carbocycles. The summed E-state index contributed by atoms with van der Waals surface area (Å²) in [4.78, 5) is 3.64. The van der Waals surface area contributed by atoms with Crippen LogP contribution in [0.25, 0.3) is 5.57 Å². The van der Waals surface area contributed by atoms with Gasteiger partial charge in [0.25, 0.3) is 0 Å². The van der Waals surface area contributed by atoms with Crippen LogP contribution in [0.3, 0.4) is 0 Å². The highest BCUT2D eigenvalue weighted by Crippen LogP contribution is 2.26. The van der Waals surface area contributed by atoms with Crippen molar-refractivity contribution in [2.75, 3.05) is 11.5 Å². The van der Waals surface area contributed by atoms with Gasteiger partial charge in [-0.05, 0) is 29.9 Å². The Morgan fingerprint density at radius 3 is 3.08 bits per heavy atom. The zero-order valence-corrected chi connectivity index (χ0v) is 7.98. The van der Waals surface area contributed by atoms with Crippen LogP contribution in [-0.2, 0) is 0 Å². The first-order valence-electron chi connectivity index (χ1n) is 4.25. The molecule has 1 aliphatic rings. The lowest BCUT2D eigenvalue weighted by Gasteiger charge is -2.12. The van der Waals surface area contributed by atoms with Gasteiger partial charge in [0.05, 0.1) is 0 Å². The average Bonchev–Trinajstić information content (AvgIpc) is 2.20. The van der Waals surface area contributed by atoms with Crippen LogP contribution in [0.1, 0.15) is 12.0 Å². The summed E-state index contributed by atoms with van der Waals surface area (Å²) in [7, 11) is 0. The minimum atomic E-state index is -0.347.